The van der Waals surface area contributed by atoms with Crippen molar-refractivity contribution in [3.05, 3.63) is 35.4 Å². The van der Waals surface area contributed by atoms with E-state index in [2.05, 4.69) is 5.32 Å². The number of ether oxygens (including phenoxy) is 1. The molecule has 0 aromatic heterocycles. The Labute approximate surface area is 108 Å². The van der Waals surface area contributed by atoms with Gasteiger partial charge in [0.05, 0.1) is 12.1 Å². The summed E-state index contributed by atoms with van der Waals surface area (Å²) >= 11 is 0. The van der Waals surface area contributed by atoms with Gasteiger partial charge < -0.3 is 15.8 Å². The summed E-state index contributed by atoms with van der Waals surface area (Å²) in [6, 6.07) is 7.39. The van der Waals surface area contributed by atoms with Crippen molar-refractivity contribution in [2.45, 2.75) is 31.8 Å². The van der Waals surface area contributed by atoms with Gasteiger partial charge in [0.25, 0.3) is 5.91 Å². The molecule has 1 atom stereocenters. The van der Waals surface area contributed by atoms with Gasteiger partial charge in [0.1, 0.15) is 0 Å². The quantitative estimate of drug-likeness (QED) is 0.850. The molecule has 0 spiro atoms. The maximum atomic E-state index is 12.1. The average molecular weight is 248 g/mol. The Morgan fingerprint density at radius 2 is 2.17 bits per heavy atom. The highest BCUT2D eigenvalue weighted by molar-refractivity contribution is 5.94. The Morgan fingerprint density at radius 1 is 1.44 bits per heavy atom. The van der Waals surface area contributed by atoms with Crippen LogP contribution in [0.3, 0.4) is 0 Å². The third-order valence-electron chi connectivity index (χ3n) is 3.30. The number of benzene rings is 1. The molecule has 18 heavy (non-hydrogen) atoms. The largest absolute Gasteiger partial charge is 0.379 e. The van der Waals surface area contributed by atoms with Crippen LogP contribution in [0.5, 0.6) is 0 Å². The lowest BCUT2D eigenvalue weighted by atomic mass is 9.94. The second-order valence-electron chi connectivity index (χ2n) is 5.07. The first kappa shape index (κ1) is 13.1. The zero-order valence-corrected chi connectivity index (χ0v) is 10.7. The van der Waals surface area contributed by atoms with Gasteiger partial charge in [-0.1, -0.05) is 12.1 Å². The van der Waals surface area contributed by atoms with Crippen molar-refractivity contribution in [1.29, 1.82) is 0 Å². The number of carbonyl (C=O) groups excluding carboxylic acids is 1. The standard InChI is InChI=1S/C14H20N2O2/c1-14(7-2-8-18-10-14)16-13(17)12-5-3-11(9-15)4-6-12/h3-6H,2,7-10,15H2,1H3,(H,16,17). The highest BCUT2D eigenvalue weighted by Gasteiger charge is 2.29. The highest BCUT2D eigenvalue weighted by Crippen LogP contribution is 2.19. The van der Waals surface area contributed by atoms with Crippen LogP contribution in [0.2, 0.25) is 0 Å². The van der Waals surface area contributed by atoms with E-state index in [9.17, 15) is 4.79 Å². The molecular formula is C14H20N2O2. The van der Waals surface area contributed by atoms with Crippen LogP contribution in [0.15, 0.2) is 24.3 Å². The number of nitrogens with two attached hydrogens (primary N) is 1. The number of carbonyl (C=O) groups is 1. The van der Waals surface area contributed by atoms with E-state index in [1.165, 1.54) is 0 Å². The first-order valence-electron chi connectivity index (χ1n) is 6.32. The fourth-order valence-corrected chi connectivity index (χ4v) is 2.17. The molecule has 0 aliphatic carbocycles. The lowest BCUT2D eigenvalue weighted by molar-refractivity contribution is 0.0272. The first-order valence-corrected chi connectivity index (χ1v) is 6.32. The summed E-state index contributed by atoms with van der Waals surface area (Å²) in [6.45, 7) is 3.89. The van der Waals surface area contributed by atoms with Crippen molar-refractivity contribution in [3.63, 3.8) is 0 Å². The summed E-state index contributed by atoms with van der Waals surface area (Å²) < 4.78 is 5.43. The molecule has 1 fully saturated rings. The SMILES string of the molecule is CC1(NC(=O)c2ccc(CN)cc2)CCCOC1. The lowest BCUT2D eigenvalue weighted by Crippen LogP contribution is -2.51. The van der Waals surface area contributed by atoms with Gasteiger partial charge in [-0.05, 0) is 37.5 Å². The normalized spacial score (nSPS) is 23.7. The lowest BCUT2D eigenvalue weighted by Gasteiger charge is -2.34. The van der Waals surface area contributed by atoms with Gasteiger partial charge in [-0.15, -0.1) is 0 Å². The van der Waals surface area contributed by atoms with E-state index in [-0.39, 0.29) is 11.4 Å². The Balaban J connectivity index is 2.02. The van der Waals surface area contributed by atoms with Crippen LogP contribution in [-0.2, 0) is 11.3 Å². The first-order chi connectivity index (χ1) is 8.63. The third-order valence-corrected chi connectivity index (χ3v) is 3.30. The number of nitrogens with one attached hydrogen (secondary N) is 1. The number of rotatable bonds is 3. The van der Waals surface area contributed by atoms with Crippen molar-refractivity contribution < 1.29 is 9.53 Å². The molecule has 2 rings (SSSR count). The van der Waals surface area contributed by atoms with Crippen LogP contribution in [0.4, 0.5) is 0 Å². The van der Waals surface area contributed by atoms with Crippen LogP contribution >= 0.6 is 0 Å². The molecule has 3 N–H and O–H groups in total. The molecule has 0 radical (unpaired) electrons. The minimum Gasteiger partial charge on any atom is -0.379 e. The van der Waals surface area contributed by atoms with Crippen molar-refractivity contribution in [2.75, 3.05) is 13.2 Å². The molecule has 1 aliphatic heterocycles. The number of amides is 1. The number of hydrogen-bond donors (Lipinski definition) is 2. The molecule has 98 valence electrons. The molecule has 1 saturated heterocycles. The van der Waals surface area contributed by atoms with Crippen molar-refractivity contribution >= 4 is 5.91 Å². The van der Waals surface area contributed by atoms with Crippen LogP contribution in [-0.4, -0.2) is 24.7 Å². The minimum absolute atomic E-state index is 0.0495. The maximum Gasteiger partial charge on any atom is 0.251 e. The molecule has 1 aromatic rings. The Hall–Kier alpha value is -1.39. The van der Waals surface area contributed by atoms with Crippen molar-refractivity contribution in [2.24, 2.45) is 5.73 Å². The Kier molecular flexibility index (Phi) is 3.99. The Bertz CT molecular complexity index is 408. The molecule has 1 unspecified atom stereocenters. The van der Waals surface area contributed by atoms with E-state index in [1.807, 2.05) is 31.2 Å². The second kappa shape index (κ2) is 5.50. The van der Waals surface area contributed by atoms with E-state index in [4.69, 9.17) is 10.5 Å². The van der Waals surface area contributed by atoms with Gasteiger partial charge in [-0.3, -0.25) is 4.79 Å². The average Bonchev–Trinajstić information content (AvgIpc) is 2.39. The summed E-state index contributed by atoms with van der Waals surface area (Å²) in [6.07, 6.45) is 1.95. The van der Waals surface area contributed by atoms with Gasteiger partial charge in [0.15, 0.2) is 0 Å². The molecule has 1 aromatic carbocycles. The van der Waals surface area contributed by atoms with Gasteiger partial charge in [0, 0.05) is 18.7 Å². The van der Waals surface area contributed by atoms with Gasteiger partial charge in [-0.25, -0.2) is 0 Å². The molecule has 0 saturated carbocycles. The van der Waals surface area contributed by atoms with E-state index in [0.717, 1.165) is 25.0 Å². The monoisotopic (exact) mass is 248 g/mol. The topological polar surface area (TPSA) is 64.4 Å². The predicted molar refractivity (Wildman–Crippen MR) is 70.3 cm³/mol. The van der Waals surface area contributed by atoms with E-state index in [0.29, 0.717) is 18.7 Å². The molecular weight excluding hydrogens is 228 g/mol. The summed E-state index contributed by atoms with van der Waals surface area (Å²) in [4.78, 5) is 12.1. The van der Waals surface area contributed by atoms with Crippen LogP contribution in [0.25, 0.3) is 0 Å². The zero-order chi connectivity index (χ0) is 13.0. The maximum absolute atomic E-state index is 12.1. The summed E-state index contributed by atoms with van der Waals surface area (Å²) in [5.41, 5.74) is 6.97. The fraction of sp³-hybridized carbons (Fsp3) is 0.500. The molecule has 4 nitrogen and oxygen atoms in total. The molecule has 1 heterocycles. The summed E-state index contributed by atoms with van der Waals surface area (Å²) in [5.74, 6) is -0.0495. The molecule has 4 heteroatoms. The minimum atomic E-state index is -0.248. The van der Waals surface area contributed by atoms with Crippen LogP contribution in [0.1, 0.15) is 35.7 Å². The van der Waals surface area contributed by atoms with Gasteiger partial charge in [0.2, 0.25) is 0 Å². The summed E-state index contributed by atoms with van der Waals surface area (Å²) in [5, 5.41) is 3.05. The van der Waals surface area contributed by atoms with E-state index >= 15 is 0 Å². The fourth-order valence-electron chi connectivity index (χ4n) is 2.17. The molecule has 0 bridgehead atoms. The van der Waals surface area contributed by atoms with E-state index in [1.54, 1.807) is 0 Å². The zero-order valence-electron chi connectivity index (χ0n) is 10.7. The molecule has 1 amide bonds. The predicted octanol–water partition coefficient (Wildman–Crippen LogP) is 1.44. The van der Waals surface area contributed by atoms with Gasteiger partial charge in [-0.2, -0.15) is 0 Å². The molecule has 1 aliphatic rings. The van der Waals surface area contributed by atoms with Crippen LogP contribution < -0.4 is 11.1 Å². The van der Waals surface area contributed by atoms with Crippen molar-refractivity contribution in [3.8, 4) is 0 Å². The van der Waals surface area contributed by atoms with Crippen molar-refractivity contribution in [1.82, 2.24) is 5.32 Å². The van der Waals surface area contributed by atoms with E-state index < -0.39 is 0 Å². The van der Waals surface area contributed by atoms with Crippen LogP contribution in [0, 0.1) is 0 Å². The smallest absolute Gasteiger partial charge is 0.251 e. The van der Waals surface area contributed by atoms with Gasteiger partial charge >= 0.3 is 0 Å². The Morgan fingerprint density at radius 3 is 2.72 bits per heavy atom. The second-order valence-corrected chi connectivity index (χ2v) is 5.07. The highest BCUT2D eigenvalue weighted by atomic mass is 16.5. The third kappa shape index (κ3) is 3.09. The summed E-state index contributed by atoms with van der Waals surface area (Å²) in [7, 11) is 0. The number of hydrogen-bond acceptors (Lipinski definition) is 3.